The van der Waals surface area contributed by atoms with Gasteiger partial charge in [0.15, 0.2) is 30.4 Å². The van der Waals surface area contributed by atoms with Crippen LogP contribution in [0, 0.1) is 0 Å². The van der Waals surface area contributed by atoms with E-state index in [1.807, 2.05) is 24.3 Å². The fourth-order valence-electron chi connectivity index (χ4n) is 5.77. The minimum absolute atomic E-state index is 0.0378. The van der Waals surface area contributed by atoms with Gasteiger partial charge in [-0.05, 0) is 67.1 Å². The lowest BCUT2D eigenvalue weighted by Crippen LogP contribution is -2.61. The van der Waals surface area contributed by atoms with Crippen molar-refractivity contribution in [2.24, 2.45) is 0 Å². The minimum Gasteiger partial charge on any atom is -0.455 e. The number of nitrogens with one attached hydrogen (secondary N) is 1. The normalized spacial score (nSPS) is 22.0. The number of carbonyl (C=O) groups is 4. The van der Waals surface area contributed by atoms with E-state index in [9.17, 15) is 19.2 Å². The standard InChI is InChI=1S/C38H47NO9/c1-6-32(41)46-35-25(5)45-38(37(48-34(43)8-3)36(35)47-33(42)7-2)44-23-29(40)18-17-26-13-15-27(16-14-26)22-39-20-19-30-24(4)21-28-11-9-10-12-31(28)30/h9-18,25,35-39H,6-8,19-23H2,1-5H3/b18-17+/t25-,35+,36+,37-,38+/m0/s1. The lowest BCUT2D eigenvalue weighted by molar-refractivity contribution is -0.299. The van der Waals surface area contributed by atoms with E-state index in [1.165, 1.54) is 28.3 Å². The van der Waals surface area contributed by atoms with Crippen LogP contribution in [0.25, 0.3) is 11.6 Å². The molecule has 2 aromatic carbocycles. The molecule has 1 aliphatic heterocycles. The first kappa shape index (κ1) is 36.7. The number of ether oxygens (including phenoxy) is 5. The lowest BCUT2D eigenvalue weighted by atomic mass is 9.98. The maximum atomic E-state index is 12.8. The Kier molecular flexibility index (Phi) is 13.7. The summed E-state index contributed by atoms with van der Waals surface area (Å²) in [4.78, 5) is 49.6. The molecule has 258 valence electrons. The van der Waals surface area contributed by atoms with Crippen molar-refractivity contribution in [1.82, 2.24) is 5.32 Å². The van der Waals surface area contributed by atoms with E-state index in [4.69, 9.17) is 23.7 Å². The highest BCUT2D eigenvalue weighted by Crippen LogP contribution is 2.34. The van der Waals surface area contributed by atoms with Crippen LogP contribution in [0.4, 0.5) is 0 Å². The molecule has 0 bridgehead atoms. The van der Waals surface area contributed by atoms with Crippen molar-refractivity contribution >= 4 is 35.3 Å². The fourth-order valence-corrected chi connectivity index (χ4v) is 5.77. The smallest absolute Gasteiger partial charge is 0.306 e. The molecule has 1 heterocycles. The van der Waals surface area contributed by atoms with Crippen molar-refractivity contribution < 1.29 is 42.9 Å². The Morgan fingerprint density at radius 3 is 2.15 bits per heavy atom. The second-order valence-electron chi connectivity index (χ2n) is 12.0. The number of allylic oxidation sites excluding steroid dienone is 1. The Bertz CT molecular complexity index is 1500. The molecule has 0 aromatic heterocycles. The van der Waals surface area contributed by atoms with Crippen molar-refractivity contribution in [1.29, 1.82) is 0 Å². The summed E-state index contributed by atoms with van der Waals surface area (Å²) in [6.45, 7) is 9.93. The molecular weight excluding hydrogens is 614 g/mol. The Balaban J connectivity index is 1.30. The predicted molar refractivity (Wildman–Crippen MR) is 180 cm³/mol. The predicted octanol–water partition coefficient (Wildman–Crippen LogP) is 5.51. The van der Waals surface area contributed by atoms with Crippen molar-refractivity contribution in [2.75, 3.05) is 13.2 Å². The van der Waals surface area contributed by atoms with Crippen LogP contribution in [0.3, 0.4) is 0 Å². The Labute approximate surface area is 282 Å². The zero-order chi connectivity index (χ0) is 34.6. The van der Waals surface area contributed by atoms with Gasteiger partial charge in [-0.2, -0.15) is 0 Å². The average molecular weight is 662 g/mol. The van der Waals surface area contributed by atoms with Crippen molar-refractivity contribution in [3.63, 3.8) is 0 Å². The zero-order valence-electron chi connectivity index (χ0n) is 28.5. The summed E-state index contributed by atoms with van der Waals surface area (Å²) in [5, 5.41) is 3.53. The summed E-state index contributed by atoms with van der Waals surface area (Å²) < 4.78 is 28.4. The zero-order valence-corrected chi connectivity index (χ0v) is 28.5. The molecule has 48 heavy (non-hydrogen) atoms. The molecule has 5 atom stereocenters. The first-order valence-electron chi connectivity index (χ1n) is 16.8. The number of ketones is 1. The molecule has 0 radical (unpaired) electrons. The molecule has 2 aromatic rings. The van der Waals surface area contributed by atoms with Crippen molar-refractivity contribution in [3.8, 4) is 0 Å². The number of rotatable bonds is 16. The fraction of sp³-hybridized carbons (Fsp3) is 0.474. The molecule has 0 unspecified atom stereocenters. The number of fused-ring (bicyclic) bond motifs is 1. The highest BCUT2D eigenvalue weighted by Gasteiger charge is 2.51. The summed E-state index contributed by atoms with van der Waals surface area (Å²) in [5.41, 5.74) is 7.65. The molecule has 4 rings (SSSR count). The van der Waals surface area contributed by atoms with E-state index in [1.54, 1.807) is 33.8 Å². The van der Waals surface area contributed by atoms with E-state index >= 15 is 0 Å². The van der Waals surface area contributed by atoms with E-state index in [2.05, 4.69) is 36.5 Å². The van der Waals surface area contributed by atoms with Crippen LogP contribution in [0.5, 0.6) is 0 Å². The Morgan fingerprint density at radius 2 is 1.48 bits per heavy atom. The summed E-state index contributed by atoms with van der Waals surface area (Å²) in [6.07, 6.45) is -0.208. The molecule has 1 saturated heterocycles. The van der Waals surface area contributed by atoms with Gasteiger partial charge in [-0.3, -0.25) is 19.2 Å². The first-order valence-corrected chi connectivity index (χ1v) is 16.8. The van der Waals surface area contributed by atoms with Crippen molar-refractivity contribution in [2.45, 2.75) is 104 Å². The van der Waals surface area contributed by atoms with Crippen LogP contribution in [-0.4, -0.2) is 67.5 Å². The number of benzene rings is 2. The summed E-state index contributed by atoms with van der Waals surface area (Å²) in [6, 6.07) is 16.5. The first-order chi connectivity index (χ1) is 23.1. The van der Waals surface area contributed by atoms with Crippen LogP contribution >= 0.6 is 0 Å². The van der Waals surface area contributed by atoms with E-state index in [0.717, 1.165) is 37.1 Å². The van der Waals surface area contributed by atoms with E-state index in [0.29, 0.717) is 0 Å². The summed E-state index contributed by atoms with van der Waals surface area (Å²) in [5.74, 6) is -2.05. The molecule has 1 aliphatic carbocycles. The Morgan fingerprint density at radius 1 is 0.854 bits per heavy atom. The van der Waals surface area contributed by atoms with E-state index < -0.39 is 48.6 Å². The van der Waals surface area contributed by atoms with Crippen LogP contribution in [0.1, 0.15) is 82.6 Å². The Hall–Kier alpha value is -4.12. The van der Waals surface area contributed by atoms with Gasteiger partial charge in [-0.25, -0.2) is 0 Å². The van der Waals surface area contributed by atoms with Gasteiger partial charge in [0, 0.05) is 25.8 Å². The van der Waals surface area contributed by atoms with Crippen LogP contribution in [0.2, 0.25) is 0 Å². The number of hydrogen-bond acceptors (Lipinski definition) is 10. The van der Waals surface area contributed by atoms with Gasteiger partial charge in [0.1, 0.15) is 6.61 Å². The van der Waals surface area contributed by atoms with Gasteiger partial charge in [-0.1, -0.05) is 81.0 Å². The highest BCUT2D eigenvalue weighted by atomic mass is 16.7. The molecule has 10 heteroatoms. The van der Waals surface area contributed by atoms with Crippen molar-refractivity contribution in [3.05, 3.63) is 82.4 Å². The minimum atomic E-state index is -1.26. The molecule has 0 amide bonds. The molecule has 1 fully saturated rings. The maximum absolute atomic E-state index is 12.8. The van der Waals surface area contributed by atoms with Gasteiger partial charge in [0.2, 0.25) is 0 Å². The molecular formula is C38H47NO9. The van der Waals surface area contributed by atoms with Crippen LogP contribution in [-0.2, 0) is 55.8 Å². The summed E-state index contributed by atoms with van der Waals surface area (Å²) >= 11 is 0. The highest BCUT2D eigenvalue weighted by molar-refractivity contribution is 5.94. The average Bonchev–Trinajstić information content (AvgIpc) is 3.42. The quantitative estimate of drug-likeness (QED) is 0.107. The number of hydrogen-bond donors (Lipinski definition) is 1. The number of carbonyl (C=O) groups excluding carboxylic acids is 4. The van der Waals surface area contributed by atoms with E-state index in [-0.39, 0.29) is 31.7 Å². The van der Waals surface area contributed by atoms with Crippen LogP contribution < -0.4 is 5.32 Å². The maximum Gasteiger partial charge on any atom is 0.306 e. The molecule has 10 nitrogen and oxygen atoms in total. The third kappa shape index (κ3) is 9.95. The van der Waals surface area contributed by atoms with Crippen LogP contribution in [0.15, 0.2) is 60.2 Å². The molecule has 0 spiro atoms. The topological polar surface area (TPSA) is 126 Å². The number of esters is 3. The molecule has 2 aliphatic rings. The molecule has 1 N–H and O–H groups in total. The lowest BCUT2D eigenvalue weighted by Gasteiger charge is -2.43. The SMILES string of the molecule is CCC(=O)O[C@H]1[C@H](OC(=O)CC)[C@H](OCC(=O)/C=C/c2ccc(CNCCC3=C(C)Cc4ccccc43)cc2)O[C@@H](C)[C@H]1OC(=O)CC. The largest absolute Gasteiger partial charge is 0.455 e. The monoisotopic (exact) mass is 661 g/mol. The molecule has 0 saturated carbocycles. The van der Waals surface area contributed by atoms with Gasteiger partial charge >= 0.3 is 17.9 Å². The third-order valence-electron chi connectivity index (χ3n) is 8.42. The third-order valence-corrected chi connectivity index (χ3v) is 8.42. The second kappa shape index (κ2) is 17.9. The summed E-state index contributed by atoms with van der Waals surface area (Å²) in [7, 11) is 0. The second-order valence-corrected chi connectivity index (χ2v) is 12.0. The van der Waals surface area contributed by atoms with Gasteiger partial charge in [-0.15, -0.1) is 0 Å². The van der Waals surface area contributed by atoms with Gasteiger partial charge < -0.3 is 29.0 Å². The van der Waals surface area contributed by atoms with Gasteiger partial charge in [0.05, 0.1) is 6.10 Å². The van der Waals surface area contributed by atoms with Gasteiger partial charge in [0.25, 0.3) is 0 Å².